The molecular formula is C11H13BrN2O2. The van der Waals surface area contributed by atoms with Gasteiger partial charge in [-0.25, -0.2) is 0 Å². The first-order valence-electron chi connectivity index (χ1n) is 5.34. The minimum Gasteiger partial charge on any atom is -0.379 e. The number of nitro groups is 1. The standard InChI is InChI=1S/C11H13BrN2O2/c12-9-4-5-10(11(6-9)14(15)16)13-7-8-2-1-3-8/h4-6,8,13H,1-3,7H2. The highest BCUT2D eigenvalue weighted by Crippen LogP contribution is 2.30. The van der Waals surface area contributed by atoms with Gasteiger partial charge in [-0.05, 0) is 30.9 Å². The monoisotopic (exact) mass is 284 g/mol. The number of halogens is 1. The second-order valence-corrected chi connectivity index (χ2v) is 5.01. The van der Waals surface area contributed by atoms with E-state index in [0.29, 0.717) is 11.6 Å². The highest BCUT2D eigenvalue weighted by molar-refractivity contribution is 9.10. The topological polar surface area (TPSA) is 55.2 Å². The van der Waals surface area contributed by atoms with Crippen molar-refractivity contribution in [3.63, 3.8) is 0 Å². The van der Waals surface area contributed by atoms with Gasteiger partial charge in [0.25, 0.3) is 5.69 Å². The van der Waals surface area contributed by atoms with Crippen molar-refractivity contribution in [3.8, 4) is 0 Å². The smallest absolute Gasteiger partial charge is 0.293 e. The van der Waals surface area contributed by atoms with E-state index in [2.05, 4.69) is 21.2 Å². The number of rotatable bonds is 4. The fraction of sp³-hybridized carbons (Fsp3) is 0.455. The average molecular weight is 285 g/mol. The van der Waals surface area contributed by atoms with Crippen molar-refractivity contribution in [1.82, 2.24) is 0 Å². The van der Waals surface area contributed by atoms with Crippen LogP contribution < -0.4 is 5.32 Å². The number of nitrogens with one attached hydrogen (secondary N) is 1. The highest BCUT2D eigenvalue weighted by Gasteiger charge is 2.19. The van der Waals surface area contributed by atoms with Crippen LogP contribution >= 0.6 is 15.9 Å². The largest absolute Gasteiger partial charge is 0.379 e. The number of nitro benzene ring substituents is 1. The molecule has 0 spiro atoms. The zero-order chi connectivity index (χ0) is 11.5. The Morgan fingerprint density at radius 3 is 2.81 bits per heavy atom. The summed E-state index contributed by atoms with van der Waals surface area (Å²) >= 11 is 3.24. The van der Waals surface area contributed by atoms with Crippen LogP contribution in [0, 0.1) is 16.0 Å². The molecule has 0 heterocycles. The molecule has 1 N–H and O–H groups in total. The van der Waals surface area contributed by atoms with Crippen LogP contribution in [-0.4, -0.2) is 11.5 Å². The van der Waals surface area contributed by atoms with Gasteiger partial charge in [0.05, 0.1) is 4.92 Å². The average Bonchev–Trinajstić information content (AvgIpc) is 2.17. The first kappa shape index (κ1) is 11.4. The normalized spacial score (nSPS) is 15.6. The summed E-state index contributed by atoms with van der Waals surface area (Å²) in [6.07, 6.45) is 3.75. The second-order valence-electron chi connectivity index (χ2n) is 4.10. The van der Waals surface area contributed by atoms with Crippen LogP contribution in [0.1, 0.15) is 19.3 Å². The number of hydrogen-bond acceptors (Lipinski definition) is 3. The van der Waals surface area contributed by atoms with E-state index in [-0.39, 0.29) is 10.6 Å². The second kappa shape index (κ2) is 4.82. The van der Waals surface area contributed by atoms with E-state index in [0.717, 1.165) is 11.0 Å². The predicted octanol–water partition coefficient (Wildman–Crippen LogP) is 3.57. The van der Waals surface area contributed by atoms with Crippen LogP contribution in [0.15, 0.2) is 22.7 Å². The van der Waals surface area contributed by atoms with Gasteiger partial charge in [0.1, 0.15) is 5.69 Å². The van der Waals surface area contributed by atoms with Crippen molar-refractivity contribution in [1.29, 1.82) is 0 Å². The molecule has 0 radical (unpaired) electrons. The van der Waals surface area contributed by atoms with Gasteiger partial charge in [-0.3, -0.25) is 10.1 Å². The summed E-state index contributed by atoms with van der Waals surface area (Å²) in [6.45, 7) is 0.836. The fourth-order valence-electron chi connectivity index (χ4n) is 1.76. The zero-order valence-electron chi connectivity index (χ0n) is 8.78. The first-order valence-corrected chi connectivity index (χ1v) is 6.14. The summed E-state index contributed by atoms with van der Waals surface area (Å²) in [5.41, 5.74) is 0.744. The Kier molecular flexibility index (Phi) is 3.43. The Labute approximate surface area is 102 Å². The number of anilines is 1. The molecule has 0 amide bonds. The van der Waals surface area contributed by atoms with Gasteiger partial charge in [-0.15, -0.1) is 0 Å². The summed E-state index contributed by atoms with van der Waals surface area (Å²) in [5.74, 6) is 0.684. The van der Waals surface area contributed by atoms with Gasteiger partial charge in [0.15, 0.2) is 0 Å². The quantitative estimate of drug-likeness (QED) is 0.679. The molecule has 0 bridgehead atoms. The van der Waals surface area contributed by atoms with E-state index in [1.807, 2.05) is 6.07 Å². The van der Waals surface area contributed by atoms with Crippen LogP contribution in [-0.2, 0) is 0 Å². The molecule has 1 fully saturated rings. The summed E-state index contributed by atoms with van der Waals surface area (Å²) in [5, 5.41) is 14.0. The Morgan fingerprint density at radius 2 is 2.25 bits per heavy atom. The lowest BCUT2D eigenvalue weighted by atomic mass is 9.85. The summed E-state index contributed by atoms with van der Waals surface area (Å²) < 4.78 is 0.730. The van der Waals surface area contributed by atoms with Crippen molar-refractivity contribution in [2.75, 3.05) is 11.9 Å². The summed E-state index contributed by atoms with van der Waals surface area (Å²) in [7, 11) is 0. The molecule has 5 heteroatoms. The Hall–Kier alpha value is -1.10. The number of nitrogens with zero attached hydrogens (tertiary/aromatic N) is 1. The molecule has 1 aromatic rings. The van der Waals surface area contributed by atoms with E-state index >= 15 is 0 Å². The third kappa shape index (κ3) is 2.52. The lowest BCUT2D eigenvalue weighted by Crippen LogP contribution is -2.21. The van der Waals surface area contributed by atoms with Gasteiger partial charge in [-0.2, -0.15) is 0 Å². The number of hydrogen-bond donors (Lipinski definition) is 1. The molecule has 1 saturated carbocycles. The van der Waals surface area contributed by atoms with Gasteiger partial charge in [-0.1, -0.05) is 22.4 Å². The summed E-state index contributed by atoms with van der Waals surface area (Å²) in [6, 6.07) is 5.10. The van der Waals surface area contributed by atoms with Gasteiger partial charge >= 0.3 is 0 Å². The van der Waals surface area contributed by atoms with Crippen LogP contribution in [0.3, 0.4) is 0 Å². The molecule has 16 heavy (non-hydrogen) atoms. The molecule has 0 unspecified atom stereocenters. The zero-order valence-corrected chi connectivity index (χ0v) is 10.4. The molecule has 1 aromatic carbocycles. The minimum absolute atomic E-state index is 0.133. The minimum atomic E-state index is -0.353. The van der Waals surface area contributed by atoms with Crippen molar-refractivity contribution >= 4 is 27.3 Å². The molecule has 2 rings (SSSR count). The Balaban J connectivity index is 2.08. The van der Waals surface area contributed by atoms with Crippen molar-refractivity contribution in [3.05, 3.63) is 32.8 Å². The fourth-order valence-corrected chi connectivity index (χ4v) is 2.11. The molecule has 1 aliphatic rings. The molecule has 1 aliphatic carbocycles. The molecule has 0 aromatic heterocycles. The molecule has 0 saturated heterocycles. The maximum atomic E-state index is 10.8. The summed E-state index contributed by atoms with van der Waals surface area (Å²) in [4.78, 5) is 10.5. The van der Waals surface area contributed by atoms with E-state index in [9.17, 15) is 10.1 Å². The van der Waals surface area contributed by atoms with Crippen LogP contribution in [0.25, 0.3) is 0 Å². The van der Waals surface area contributed by atoms with E-state index in [1.165, 1.54) is 25.3 Å². The first-order chi connectivity index (χ1) is 7.66. The molecule has 4 nitrogen and oxygen atoms in total. The maximum absolute atomic E-state index is 10.8. The van der Waals surface area contributed by atoms with Crippen molar-refractivity contribution in [2.45, 2.75) is 19.3 Å². The van der Waals surface area contributed by atoms with Crippen molar-refractivity contribution in [2.24, 2.45) is 5.92 Å². The van der Waals surface area contributed by atoms with Gasteiger partial charge in [0, 0.05) is 17.1 Å². The SMILES string of the molecule is O=[N+]([O-])c1cc(Br)ccc1NCC1CCC1. The molecular weight excluding hydrogens is 272 g/mol. The molecule has 0 aliphatic heterocycles. The van der Waals surface area contributed by atoms with E-state index in [4.69, 9.17) is 0 Å². The van der Waals surface area contributed by atoms with Crippen LogP contribution in [0.4, 0.5) is 11.4 Å². The lowest BCUT2D eigenvalue weighted by Gasteiger charge is -2.25. The number of benzene rings is 1. The maximum Gasteiger partial charge on any atom is 0.293 e. The van der Waals surface area contributed by atoms with E-state index in [1.54, 1.807) is 6.07 Å². The molecule has 86 valence electrons. The Bertz CT molecular complexity index is 405. The highest BCUT2D eigenvalue weighted by atomic mass is 79.9. The molecule has 0 atom stereocenters. The van der Waals surface area contributed by atoms with Crippen molar-refractivity contribution < 1.29 is 4.92 Å². The predicted molar refractivity (Wildman–Crippen MR) is 66.6 cm³/mol. The third-order valence-corrected chi connectivity index (χ3v) is 3.46. The van der Waals surface area contributed by atoms with Gasteiger partial charge in [0.2, 0.25) is 0 Å². The van der Waals surface area contributed by atoms with Crippen LogP contribution in [0.5, 0.6) is 0 Å². The lowest BCUT2D eigenvalue weighted by molar-refractivity contribution is -0.384. The van der Waals surface area contributed by atoms with E-state index < -0.39 is 0 Å². The van der Waals surface area contributed by atoms with Crippen LogP contribution in [0.2, 0.25) is 0 Å². The van der Waals surface area contributed by atoms with Gasteiger partial charge < -0.3 is 5.32 Å². The Morgan fingerprint density at radius 1 is 1.50 bits per heavy atom. The third-order valence-electron chi connectivity index (χ3n) is 2.96.